The summed E-state index contributed by atoms with van der Waals surface area (Å²) in [5.41, 5.74) is 0.865. The highest BCUT2D eigenvalue weighted by Crippen LogP contribution is 2.32. The van der Waals surface area contributed by atoms with Crippen molar-refractivity contribution in [3.8, 4) is 0 Å². The molecule has 0 aromatic heterocycles. The SMILES string of the molecule is O=C(O)CCCN1C(=O)C(=Cc2ccc(C(=O)O)cc2)SC1=S. The Morgan fingerprint density at radius 2 is 1.87 bits per heavy atom. The van der Waals surface area contributed by atoms with E-state index in [1.54, 1.807) is 18.2 Å². The molecular weight excluding hydrogens is 338 g/mol. The van der Waals surface area contributed by atoms with Gasteiger partial charge in [0.1, 0.15) is 4.32 Å². The van der Waals surface area contributed by atoms with Crippen molar-refractivity contribution in [2.75, 3.05) is 6.54 Å². The quantitative estimate of drug-likeness (QED) is 0.600. The largest absolute Gasteiger partial charge is 0.481 e. The summed E-state index contributed by atoms with van der Waals surface area (Å²) >= 11 is 6.30. The zero-order valence-corrected chi connectivity index (χ0v) is 13.5. The minimum atomic E-state index is -1.01. The van der Waals surface area contributed by atoms with Crippen LogP contribution >= 0.6 is 24.0 Å². The topological polar surface area (TPSA) is 94.9 Å². The summed E-state index contributed by atoms with van der Waals surface area (Å²) in [6.07, 6.45) is 1.96. The summed E-state index contributed by atoms with van der Waals surface area (Å²) in [7, 11) is 0. The van der Waals surface area contributed by atoms with E-state index in [1.807, 2.05) is 0 Å². The second kappa shape index (κ2) is 7.38. The number of thiocarbonyl (C=S) groups is 1. The molecule has 1 aliphatic heterocycles. The van der Waals surface area contributed by atoms with Gasteiger partial charge in [-0.15, -0.1) is 0 Å². The minimum absolute atomic E-state index is 0.0211. The van der Waals surface area contributed by atoms with Crippen LogP contribution in [0.3, 0.4) is 0 Å². The number of amides is 1. The van der Waals surface area contributed by atoms with Crippen molar-refractivity contribution in [2.45, 2.75) is 12.8 Å². The van der Waals surface area contributed by atoms with Crippen molar-refractivity contribution < 1.29 is 24.6 Å². The molecule has 0 aliphatic carbocycles. The third kappa shape index (κ3) is 4.40. The van der Waals surface area contributed by atoms with Gasteiger partial charge >= 0.3 is 11.9 Å². The maximum Gasteiger partial charge on any atom is 0.335 e. The van der Waals surface area contributed by atoms with Crippen molar-refractivity contribution in [3.05, 3.63) is 40.3 Å². The Kier molecular flexibility index (Phi) is 5.51. The third-order valence-electron chi connectivity index (χ3n) is 3.10. The fraction of sp³-hybridized carbons (Fsp3) is 0.200. The van der Waals surface area contributed by atoms with Crippen LogP contribution in [0.5, 0.6) is 0 Å². The Labute approximate surface area is 141 Å². The van der Waals surface area contributed by atoms with Crippen LogP contribution in [0.1, 0.15) is 28.8 Å². The van der Waals surface area contributed by atoms with Crippen LogP contribution in [0.25, 0.3) is 6.08 Å². The van der Waals surface area contributed by atoms with E-state index >= 15 is 0 Å². The van der Waals surface area contributed by atoms with E-state index < -0.39 is 11.9 Å². The lowest BCUT2D eigenvalue weighted by Gasteiger charge is -2.13. The van der Waals surface area contributed by atoms with Gasteiger partial charge in [-0.2, -0.15) is 0 Å². The summed E-state index contributed by atoms with van der Waals surface area (Å²) in [6.45, 7) is 0.270. The molecule has 23 heavy (non-hydrogen) atoms. The van der Waals surface area contributed by atoms with Crippen molar-refractivity contribution in [1.29, 1.82) is 0 Å². The van der Waals surface area contributed by atoms with Gasteiger partial charge in [-0.05, 0) is 30.2 Å². The number of carboxylic acid groups (broad SMARTS) is 2. The highest BCUT2D eigenvalue weighted by Gasteiger charge is 2.31. The molecule has 8 heteroatoms. The summed E-state index contributed by atoms with van der Waals surface area (Å²) in [5, 5.41) is 17.5. The minimum Gasteiger partial charge on any atom is -0.481 e. The van der Waals surface area contributed by atoms with Crippen molar-refractivity contribution in [2.24, 2.45) is 0 Å². The first-order chi connectivity index (χ1) is 10.9. The maximum atomic E-state index is 12.3. The van der Waals surface area contributed by atoms with E-state index in [4.69, 9.17) is 22.4 Å². The van der Waals surface area contributed by atoms with Gasteiger partial charge < -0.3 is 10.2 Å². The number of carbonyl (C=O) groups excluding carboxylic acids is 1. The van der Waals surface area contributed by atoms with Crippen molar-refractivity contribution in [1.82, 2.24) is 4.90 Å². The van der Waals surface area contributed by atoms with Crippen LogP contribution in [0, 0.1) is 0 Å². The lowest BCUT2D eigenvalue weighted by molar-refractivity contribution is -0.137. The van der Waals surface area contributed by atoms with Gasteiger partial charge in [0.25, 0.3) is 5.91 Å². The van der Waals surface area contributed by atoms with Crippen molar-refractivity contribution >= 4 is 52.2 Å². The van der Waals surface area contributed by atoms with Gasteiger partial charge in [-0.1, -0.05) is 36.1 Å². The summed E-state index contributed by atoms with van der Waals surface area (Å²) in [4.78, 5) is 35.4. The first kappa shape index (κ1) is 17.2. The molecule has 0 atom stereocenters. The van der Waals surface area contributed by atoms with E-state index in [0.717, 1.165) is 11.8 Å². The zero-order valence-electron chi connectivity index (χ0n) is 11.9. The second-order valence-electron chi connectivity index (χ2n) is 4.76. The second-order valence-corrected chi connectivity index (χ2v) is 6.43. The van der Waals surface area contributed by atoms with E-state index in [2.05, 4.69) is 0 Å². The molecule has 1 amide bonds. The molecule has 1 aliphatic rings. The Morgan fingerprint density at radius 1 is 1.22 bits per heavy atom. The standard InChI is InChI=1S/C15H13NO5S2/c17-12(18)2-1-7-16-13(19)11(23-15(16)22)8-9-3-5-10(6-4-9)14(20)21/h3-6,8H,1-2,7H2,(H,17,18)(H,20,21). The maximum absolute atomic E-state index is 12.3. The molecule has 0 unspecified atom stereocenters. The van der Waals surface area contributed by atoms with Crippen LogP contribution in [0.4, 0.5) is 0 Å². The first-order valence-electron chi connectivity index (χ1n) is 6.69. The predicted molar refractivity (Wildman–Crippen MR) is 90.2 cm³/mol. The Hall–Kier alpha value is -2.19. The summed E-state index contributed by atoms with van der Waals surface area (Å²) < 4.78 is 0.397. The van der Waals surface area contributed by atoms with Gasteiger partial charge in [0, 0.05) is 13.0 Å². The number of carbonyl (C=O) groups is 3. The smallest absolute Gasteiger partial charge is 0.335 e. The van der Waals surface area contributed by atoms with Gasteiger partial charge in [0.2, 0.25) is 0 Å². The first-order valence-corrected chi connectivity index (χ1v) is 7.91. The molecule has 0 saturated carbocycles. The normalized spacial score (nSPS) is 16.2. The number of benzene rings is 1. The highest BCUT2D eigenvalue weighted by molar-refractivity contribution is 8.26. The van der Waals surface area contributed by atoms with Crippen LogP contribution < -0.4 is 0 Å². The molecule has 6 nitrogen and oxygen atoms in total. The Morgan fingerprint density at radius 3 is 2.43 bits per heavy atom. The molecule has 1 aromatic rings. The Balaban J connectivity index is 2.08. The molecule has 0 spiro atoms. The average molecular weight is 351 g/mol. The Bertz CT molecular complexity index is 696. The number of aliphatic carboxylic acids is 1. The third-order valence-corrected chi connectivity index (χ3v) is 4.48. The number of carboxylic acids is 2. The van der Waals surface area contributed by atoms with E-state index in [1.165, 1.54) is 17.0 Å². The molecule has 1 saturated heterocycles. The van der Waals surface area contributed by atoms with Gasteiger partial charge in [0.05, 0.1) is 10.5 Å². The molecule has 2 rings (SSSR count). The van der Waals surface area contributed by atoms with Gasteiger partial charge in [-0.25, -0.2) is 4.79 Å². The molecular formula is C15H13NO5S2. The summed E-state index contributed by atoms with van der Waals surface area (Å²) in [5.74, 6) is -2.18. The molecule has 120 valence electrons. The number of aromatic carboxylic acids is 1. The number of rotatable bonds is 6. The number of nitrogens with zero attached hydrogens (tertiary/aromatic N) is 1. The van der Waals surface area contributed by atoms with Crippen LogP contribution in [0.2, 0.25) is 0 Å². The fourth-order valence-corrected chi connectivity index (χ4v) is 3.26. The van der Waals surface area contributed by atoms with Crippen LogP contribution in [0.15, 0.2) is 29.2 Å². The van der Waals surface area contributed by atoms with Gasteiger partial charge in [-0.3, -0.25) is 14.5 Å². The van der Waals surface area contributed by atoms with Crippen LogP contribution in [-0.4, -0.2) is 43.8 Å². The molecule has 1 fully saturated rings. The van der Waals surface area contributed by atoms with E-state index in [9.17, 15) is 14.4 Å². The molecule has 1 heterocycles. The molecule has 2 N–H and O–H groups in total. The van der Waals surface area contributed by atoms with Crippen molar-refractivity contribution in [3.63, 3.8) is 0 Å². The molecule has 0 bridgehead atoms. The number of hydrogen-bond donors (Lipinski definition) is 2. The fourth-order valence-electron chi connectivity index (χ4n) is 1.95. The number of thioether (sulfide) groups is 1. The number of hydrogen-bond acceptors (Lipinski definition) is 5. The average Bonchev–Trinajstić information content (AvgIpc) is 2.75. The zero-order chi connectivity index (χ0) is 17.0. The lowest BCUT2D eigenvalue weighted by Crippen LogP contribution is -2.29. The molecule has 1 aromatic carbocycles. The van der Waals surface area contributed by atoms with Gasteiger partial charge in [0.15, 0.2) is 0 Å². The predicted octanol–water partition coefficient (Wildman–Crippen LogP) is 2.45. The monoisotopic (exact) mass is 351 g/mol. The molecule has 0 radical (unpaired) electrons. The van der Waals surface area contributed by atoms with E-state index in [0.29, 0.717) is 21.2 Å². The van der Waals surface area contributed by atoms with E-state index in [-0.39, 0.29) is 24.4 Å². The summed E-state index contributed by atoms with van der Waals surface area (Å²) in [6, 6.07) is 6.14. The highest BCUT2D eigenvalue weighted by atomic mass is 32.2. The van der Waals surface area contributed by atoms with Crippen LogP contribution in [-0.2, 0) is 9.59 Å². The lowest BCUT2D eigenvalue weighted by atomic mass is 10.1.